The lowest BCUT2D eigenvalue weighted by atomic mass is 10.0. The Bertz CT molecular complexity index is 2340. The van der Waals surface area contributed by atoms with Gasteiger partial charge in [-0.15, -0.1) is 0 Å². The van der Waals surface area contributed by atoms with Crippen molar-refractivity contribution in [2.75, 3.05) is 19.8 Å². The molecule has 0 fully saturated rings. The zero-order valence-electron chi connectivity index (χ0n) is 41.5. The molecule has 0 unspecified atom stereocenters. The number of benzene rings is 2. The van der Waals surface area contributed by atoms with E-state index in [-0.39, 0.29) is 18.6 Å². The Labute approximate surface area is 429 Å². The van der Waals surface area contributed by atoms with Gasteiger partial charge in [0.1, 0.15) is 54.1 Å². The average Bonchev–Trinajstić information content (AvgIpc) is 3.34. The fourth-order valence-corrected chi connectivity index (χ4v) is 6.93. The monoisotopic (exact) mass is 1060 g/mol. The first-order valence-electron chi connectivity index (χ1n) is 23.4. The van der Waals surface area contributed by atoms with Gasteiger partial charge in [-0.3, -0.25) is 57.5 Å². The molecule has 0 aliphatic rings. The summed E-state index contributed by atoms with van der Waals surface area (Å²) in [5.74, 6) is -14.2. The number of aliphatic carboxylic acids is 2. The predicted molar refractivity (Wildman–Crippen MR) is 260 cm³/mol. The van der Waals surface area contributed by atoms with E-state index in [2.05, 4.69) is 47.9 Å². The third-order valence-electron chi connectivity index (χ3n) is 10.9. The molecule has 17 N–H and O–H groups in total. The summed E-state index contributed by atoms with van der Waals surface area (Å²) >= 11 is 0. The number of aliphatic hydroxyl groups excluding tert-OH is 3. The first kappa shape index (κ1) is 62.9. The first-order chi connectivity index (χ1) is 35.3. The number of nitrogens with one attached hydrogen (secondary N) is 9. The number of phenols is 1. The lowest BCUT2D eigenvalue weighted by Crippen LogP contribution is -2.62. The molecule has 2 rings (SSSR count). The van der Waals surface area contributed by atoms with Crippen molar-refractivity contribution in [3.63, 3.8) is 0 Å². The first-order valence-corrected chi connectivity index (χ1v) is 23.4. The number of carbonyl (C=O) groups is 12. The van der Waals surface area contributed by atoms with Gasteiger partial charge in [0.05, 0.1) is 25.9 Å². The van der Waals surface area contributed by atoms with Crippen LogP contribution in [-0.4, -0.2) is 176 Å². The van der Waals surface area contributed by atoms with Gasteiger partial charge in [0.25, 0.3) is 0 Å². The summed E-state index contributed by atoms with van der Waals surface area (Å²) in [6, 6.07) is 0.831. The van der Waals surface area contributed by atoms with Crippen LogP contribution in [0, 0.1) is 5.92 Å². The number of hydrogen-bond acceptors (Lipinski definition) is 16. The number of amides is 10. The van der Waals surface area contributed by atoms with Gasteiger partial charge in [-0.1, -0.05) is 56.3 Å². The molecule has 2 aromatic carbocycles. The highest BCUT2D eigenvalue weighted by atomic mass is 16.4. The van der Waals surface area contributed by atoms with Crippen molar-refractivity contribution in [1.29, 1.82) is 0 Å². The largest absolute Gasteiger partial charge is 0.508 e. The maximum Gasteiger partial charge on any atom is 0.303 e. The van der Waals surface area contributed by atoms with Crippen molar-refractivity contribution < 1.29 is 88.2 Å². The number of carboxylic acids is 2. The van der Waals surface area contributed by atoms with Crippen LogP contribution in [0.1, 0.15) is 64.5 Å². The van der Waals surface area contributed by atoms with Crippen LogP contribution in [0.2, 0.25) is 0 Å². The van der Waals surface area contributed by atoms with Crippen LogP contribution in [0.3, 0.4) is 0 Å². The third kappa shape index (κ3) is 22.6. The molecule has 9 atom stereocenters. The fourth-order valence-electron chi connectivity index (χ4n) is 6.93. The Morgan fingerprint density at radius 1 is 0.493 bits per heavy atom. The summed E-state index contributed by atoms with van der Waals surface area (Å²) in [5, 5.41) is 79.6. The van der Waals surface area contributed by atoms with Gasteiger partial charge in [0, 0.05) is 32.6 Å². The van der Waals surface area contributed by atoms with Crippen LogP contribution in [0.4, 0.5) is 0 Å². The number of carboxylic acid groups (broad SMARTS) is 2. The van der Waals surface area contributed by atoms with E-state index >= 15 is 0 Å². The molecule has 0 saturated carbocycles. The van der Waals surface area contributed by atoms with Crippen molar-refractivity contribution in [3.05, 3.63) is 65.7 Å². The number of carbonyl (C=O) groups excluding carboxylic acids is 10. The van der Waals surface area contributed by atoms with Crippen LogP contribution in [0.25, 0.3) is 0 Å². The van der Waals surface area contributed by atoms with Crippen molar-refractivity contribution >= 4 is 71.0 Å². The second-order valence-electron chi connectivity index (χ2n) is 17.5. The molecule has 0 radical (unpaired) electrons. The number of hydrogen-bond donors (Lipinski definition) is 16. The van der Waals surface area contributed by atoms with Crippen LogP contribution >= 0.6 is 0 Å². The van der Waals surface area contributed by atoms with E-state index in [1.165, 1.54) is 45.0 Å². The molecule has 0 heterocycles. The van der Waals surface area contributed by atoms with E-state index in [9.17, 15) is 88.2 Å². The number of aromatic hydroxyl groups is 1. The second kappa shape index (κ2) is 31.4. The smallest absolute Gasteiger partial charge is 0.303 e. The molecular weight excluding hydrogens is 993 g/mol. The second-order valence-corrected chi connectivity index (χ2v) is 17.5. The molecule has 28 nitrogen and oxygen atoms in total. The zero-order chi connectivity index (χ0) is 56.5. The highest BCUT2D eigenvalue weighted by molar-refractivity contribution is 5.98. The average molecular weight is 1060 g/mol. The van der Waals surface area contributed by atoms with E-state index in [1.54, 1.807) is 30.3 Å². The van der Waals surface area contributed by atoms with Crippen LogP contribution in [-0.2, 0) is 70.4 Å². The van der Waals surface area contributed by atoms with Gasteiger partial charge in [-0.05, 0) is 48.9 Å². The van der Waals surface area contributed by atoms with Gasteiger partial charge in [0.15, 0.2) is 0 Å². The van der Waals surface area contributed by atoms with E-state index in [1.807, 2.05) is 0 Å². The summed E-state index contributed by atoms with van der Waals surface area (Å²) in [6.07, 6.45) is -4.60. The molecule has 0 saturated heterocycles. The van der Waals surface area contributed by atoms with E-state index in [0.717, 1.165) is 6.92 Å². The van der Waals surface area contributed by atoms with Crippen molar-refractivity contribution in [3.8, 4) is 5.75 Å². The normalized spacial score (nSPS) is 14.5. The van der Waals surface area contributed by atoms with E-state index in [0.29, 0.717) is 11.1 Å². The van der Waals surface area contributed by atoms with Crippen molar-refractivity contribution in [2.24, 2.45) is 11.7 Å². The Morgan fingerprint density at radius 2 is 0.880 bits per heavy atom. The number of phenolic OH excluding ortho intramolecular Hbond substituents is 1. The number of rotatable bonds is 32. The van der Waals surface area contributed by atoms with Crippen LogP contribution in [0.5, 0.6) is 5.75 Å². The van der Waals surface area contributed by atoms with Gasteiger partial charge >= 0.3 is 11.9 Å². The summed E-state index contributed by atoms with van der Waals surface area (Å²) in [4.78, 5) is 154. The number of nitrogens with two attached hydrogens (primary N) is 1. The van der Waals surface area contributed by atoms with Crippen LogP contribution in [0.15, 0.2) is 54.6 Å². The Hall–Kier alpha value is -8.24. The molecule has 75 heavy (non-hydrogen) atoms. The molecule has 0 spiro atoms. The lowest BCUT2D eigenvalue weighted by Gasteiger charge is -2.28. The van der Waals surface area contributed by atoms with Gasteiger partial charge in [-0.2, -0.15) is 0 Å². The minimum absolute atomic E-state index is 0.0433. The van der Waals surface area contributed by atoms with E-state index < -0.39 is 177 Å². The van der Waals surface area contributed by atoms with E-state index in [4.69, 9.17) is 5.73 Å². The number of primary amides is 1. The van der Waals surface area contributed by atoms with Gasteiger partial charge in [-0.25, -0.2) is 0 Å². The summed E-state index contributed by atoms with van der Waals surface area (Å²) in [5.41, 5.74) is 6.11. The summed E-state index contributed by atoms with van der Waals surface area (Å²) in [6.45, 7) is 2.25. The topological polar surface area (TPSA) is 461 Å². The maximum atomic E-state index is 13.9. The summed E-state index contributed by atoms with van der Waals surface area (Å²) in [7, 11) is 0. The molecule has 412 valence electrons. The molecule has 0 aliphatic carbocycles. The Morgan fingerprint density at radius 3 is 1.32 bits per heavy atom. The SMILES string of the molecule is CC(=O)N[C@@H](Cc1ccc(O)cc1)C(=O)N[C@@H](Cc1ccccc1)C(=O)N[C@@H](CO)C(=O)N[C@H](C(=O)N[C@@H](CCC(=O)O)C(=O)N[C@@H](CO)C(=O)N[C@@H](CCC(=O)O)C(=O)N[C@H](C(=O)NCC(N)=O)[C@@H](C)O)C(C)C. The Balaban J connectivity index is 2.32. The van der Waals surface area contributed by atoms with Crippen molar-refractivity contribution in [1.82, 2.24) is 47.9 Å². The maximum absolute atomic E-state index is 13.9. The summed E-state index contributed by atoms with van der Waals surface area (Å²) < 4.78 is 0. The molecule has 2 aromatic rings. The minimum Gasteiger partial charge on any atom is -0.508 e. The molecule has 10 amide bonds. The Kier molecular flexibility index (Phi) is 26.3. The van der Waals surface area contributed by atoms with Crippen LogP contribution < -0.4 is 53.6 Å². The minimum atomic E-state index is -1.96. The highest BCUT2D eigenvalue weighted by Gasteiger charge is 2.36. The molecular formula is C47H66N10O18. The predicted octanol–water partition coefficient (Wildman–Crippen LogP) is -5.57. The standard InChI is InChI=1S/C47H66N10O18/c1-23(2)38(56-45(73)34(22-59)55-43(71)32(18-26-8-6-5-7-9-26)53-42(70)31(50-25(4)61)19-27-10-12-28(62)13-11-27)47(75)52-29(14-16-36(64)65)40(68)54-33(21-58)44(72)51-30(15-17-37(66)67)41(69)57-39(24(3)60)46(74)49-20-35(48)63/h5-13,23-24,29-34,38-39,58-60,62H,14-22H2,1-4H3,(H2,48,63)(H,49,74)(H,50,61)(H,51,72)(H,52,75)(H,53,70)(H,54,68)(H,55,71)(H,56,73)(H,57,69)(H,64,65)(H,66,67)/t24-,29+,30+,31+,32+,33+,34+,38+,39+/m1/s1. The molecule has 0 aliphatic heterocycles. The quantitative estimate of drug-likeness (QED) is 0.0325. The molecule has 0 bridgehead atoms. The molecule has 0 aromatic heterocycles. The van der Waals surface area contributed by atoms with Gasteiger partial charge < -0.3 is 84.2 Å². The lowest BCUT2D eigenvalue weighted by molar-refractivity contribution is -0.139. The third-order valence-corrected chi connectivity index (χ3v) is 10.9. The molecule has 28 heteroatoms. The number of aliphatic hydroxyl groups is 3. The van der Waals surface area contributed by atoms with Gasteiger partial charge in [0.2, 0.25) is 59.1 Å². The fraction of sp³-hybridized carbons (Fsp3) is 0.489. The van der Waals surface area contributed by atoms with Crippen molar-refractivity contribution in [2.45, 2.75) is 121 Å². The zero-order valence-corrected chi connectivity index (χ0v) is 41.5. The highest BCUT2D eigenvalue weighted by Crippen LogP contribution is 2.13.